The molecule has 0 aliphatic heterocycles. The zero-order valence-corrected chi connectivity index (χ0v) is 9.97. The SMILES string of the molecule is CCCCNC(=O)Nc1ccc(C(F)(F)F)cc1. The second-order valence-electron chi connectivity index (χ2n) is 3.81. The zero-order chi connectivity index (χ0) is 13.6. The fraction of sp³-hybridized carbons (Fsp3) is 0.417. The first-order valence-corrected chi connectivity index (χ1v) is 5.65. The third-order valence-electron chi connectivity index (χ3n) is 2.29. The summed E-state index contributed by atoms with van der Waals surface area (Å²) in [5.41, 5.74) is -0.406. The second-order valence-corrected chi connectivity index (χ2v) is 3.81. The average Bonchev–Trinajstić information content (AvgIpc) is 2.29. The summed E-state index contributed by atoms with van der Waals surface area (Å²) in [4.78, 5) is 11.3. The lowest BCUT2D eigenvalue weighted by Gasteiger charge is -2.09. The maximum absolute atomic E-state index is 12.3. The van der Waals surface area contributed by atoms with Crippen LogP contribution in [0.1, 0.15) is 25.3 Å². The molecule has 3 nitrogen and oxygen atoms in total. The maximum atomic E-state index is 12.3. The molecule has 0 aliphatic carbocycles. The van der Waals surface area contributed by atoms with Gasteiger partial charge in [-0.05, 0) is 30.7 Å². The number of nitrogens with one attached hydrogen (secondary N) is 2. The van der Waals surface area contributed by atoms with Crippen LogP contribution in [-0.4, -0.2) is 12.6 Å². The molecule has 0 spiro atoms. The van der Waals surface area contributed by atoms with Crippen molar-refractivity contribution in [1.82, 2.24) is 5.32 Å². The van der Waals surface area contributed by atoms with Gasteiger partial charge < -0.3 is 10.6 Å². The molecule has 2 N–H and O–H groups in total. The van der Waals surface area contributed by atoms with E-state index in [2.05, 4.69) is 10.6 Å². The number of benzene rings is 1. The molecular weight excluding hydrogens is 245 g/mol. The van der Waals surface area contributed by atoms with Crippen LogP contribution in [0.15, 0.2) is 24.3 Å². The first-order chi connectivity index (χ1) is 8.43. The number of rotatable bonds is 4. The summed E-state index contributed by atoms with van der Waals surface area (Å²) in [6.07, 6.45) is -2.54. The highest BCUT2D eigenvalue weighted by atomic mass is 19.4. The minimum atomic E-state index is -4.36. The molecule has 0 saturated heterocycles. The summed E-state index contributed by atoms with van der Waals surface area (Å²) in [7, 11) is 0. The van der Waals surface area contributed by atoms with Crippen molar-refractivity contribution >= 4 is 11.7 Å². The number of amides is 2. The third kappa shape index (κ3) is 4.65. The van der Waals surface area contributed by atoms with Crippen LogP contribution in [0.4, 0.5) is 23.7 Å². The topological polar surface area (TPSA) is 41.1 Å². The van der Waals surface area contributed by atoms with E-state index in [9.17, 15) is 18.0 Å². The standard InChI is InChI=1S/C12H15F3N2O/c1-2-3-8-16-11(18)17-10-6-4-9(5-7-10)12(13,14)15/h4-7H,2-3,8H2,1H3,(H2,16,17,18). The Balaban J connectivity index is 2.51. The van der Waals surface area contributed by atoms with Crippen molar-refractivity contribution in [1.29, 1.82) is 0 Å². The largest absolute Gasteiger partial charge is 0.416 e. The van der Waals surface area contributed by atoms with Gasteiger partial charge in [-0.1, -0.05) is 13.3 Å². The number of unbranched alkanes of at least 4 members (excludes halogenated alkanes) is 1. The minimum absolute atomic E-state index is 0.331. The summed E-state index contributed by atoms with van der Waals surface area (Å²) < 4.78 is 36.9. The first-order valence-electron chi connectivity index (χ1n) is 5.65. The monoisotopic (exact) mass is 260 g/mol. The highest BCUT2D eigenvalue weighted by Crippen LogP contribution is 2.29. The molecule has 1 aromatic carbocycles. The Morgan fingerprint density at radius 1 is 1.22 bits per heavy atom. The van der Waals surface area contributed by atoms with Gasteiger partial charge in [-0.25, -0.2) is 4.79 Å². The molecule has 1 aromatic rings. The number of halogens is 3. The third-order valence-corrected chi connectivity index (χ3v) is 2.29. The predicted octanol–water partition coefficient (Wildman–Crippen LogP) is 3.63. The maximum Gasteiger partial charge on any atom is 0.416 e. The van der Waals surface area contributed by atoms with Gasteiger partial charge in [0.25, 0.3) is 0 Å². The van der Waals surface area contributed by atoms with E-state index in [0.29, 0.717) is 12.2 Å². The number of carbonyl (C=O) groups excluding carboxylic acids is 1. The van der Waals surface area contributed by atoms with E-state index in [0.717, 1.165) is 25.0 Å². The lowest BCUT2D eigenvalue weighted by atomic mass is 10.2. The molecule has 0 bridgehead atoms. The Kier molecular flexibility index (Phi) is 5.00. The van der Waals surface area contributed by atoms with Gasteiger partial charge in [-0.15, -0.1) is 0 Å². The normalized spacial score (nSPS) is 11.1. The van der Waals surface area contributed by atoms with Crippen LogP contribution in [-0.2, 0) is 6.18 Å². The summed E-state index contributed by atoms with van der Waals surface area (Å²) in [5.74, 6) is 0. The zero-order valence-electron chi connectivity index (χ0n) is 9.97. The van der Waals surface area contributed by atoms with Crippen molar-refractivity contribution in [2.75, 3.05) is 11.9 Å². The second kappa shape index (κ2) is 6.28. The highest BCUT2D eigenvalue weighted by Gasteiger charge is 2.29. The van der Waals surface area contributed by atoms with E-state index in [1.165, 1.54) is 12.1 Å². The fourth-order valence-electron chi connectivity index (χ4n) is 1.30. The van der Waals surface area contributed by atoms with Crippen LogP contribution in [0.3, 0.4) is 0 Å². The Labute approximate surface area is 103 Å². The molecule has 0 saturated carbocycles. The summed E-state index contributed by atoms with van der Waals surface area (Å²) in [6.45, 7) is 2.54. The molecular formula is C12H15F3N2O. The Morgan fingerprint density at radius 2 is 1.83 bits per heavy atom. The van der Waals surface area contributed by atoms with E-state index >= 15 is 0 Å². The number of alkyl halides is 3. The van der Waals surface area contributed by atoms with E-state index in [1.807, 2.05) is 6.92 Å². The van der Waals surface area contributed by atoms with Gasteiger partial charge in [0.05, 0.1) is 5.56 Å². The van der Waals surface area contributed by atoms with Gasteiger partial charge in [0.2, 0.25) is 0 Å². The van der Waals surface area contributed by atoms with Crippen LogP contribution in [0, 0.1) is 0 Å². The summed E-state index contributed by atoms with van der Waals surface area (Å²) in [6, 6.07) is 3.90. The number of anilines is 1. The molecule has 0 fully saturated rings. The molecule has 0 aliphatic rings. The van der Waals surface area contributed by atoms with Crippen molar-refractivity contribution in [3.63, 3.8) is 0 Å². The van der Waals surface area contributed by atoms with Gasteiger partial charge in [0, 0.05) is 12.2 Å². The summed E-state index contributed by atoms with van der Waals surface area (Å²) in [5, 5.41) is 5.07. The van der Waals surface area contributed by atoms with Crippen molar-refractivity contribution in [2.45, 2.75) is 25.9 Å². The number of hydrogen-bond acceptors (Lipinski definition) is 1. The quantitative estimate of drug-likeness (QED) is 0.797. The van der Waals surface area contributed by atoms with Crippen LogP contribution in [0.5, 0.6) is 0 Å². The van der Waals surface area contributed by atoms with Gasteiger partial charge >= 0.3 is 12.2 Å². The first kappa shape index (κ1) is 14.3. The van der Waals surface area contributed by atoms with Crippen molar-refractivity contribution < 1.29 is 18.0 Å². The molecule has 0 heterocycles. The van der Waals surface area contributed by atoms with Crippen LogP contribution in [0.25, 0.3) is 0 Å². The summed E-state index contributed by atoms with van der Waals surface area (Å²) >= 11 is 0. The van der Waals surface area contributed by atoms with E-state index in [4.69, 9.17) is 0 Å². The van der Waals surface area contributed by atoms with Gasteiger partial charge in [0.1, 0.15) is 0 Å². The smallest absolute Gasteiger partial charge is 0.338 e. The average molecular weight is 260 g/mol. The van der Waals surface area contributed by atoms with Gasteiger partial charge in [-0.3, -0.25) is 0 Å². The molecule has 100 valence electrons. The van der Waals surface area contributed by atoms with Gasteiger partial charge in [0.15, 0.2) is 0 Å². The predicted molar refractivity (Wildman–Crippen MR) is 63.4 cm³/mol. The van der Waals surface area contributed by atoms with E-state index in [-0.39, 0.29) is 0 Å². The fourth-order valence-corrected chi connectivity index (χ4v) is 1.30. The van der Waals surface area contributed by atoms with Crippen molar-refractivity contribution in [3.8, 4) is 0 Å². The Hall–Kier alpha value is -1.72. The Bertz CT molecular complexity index is 387. The van der Waals surface area contributed by atoms with Crippen molar-refractivity contribution in [3.05, 3.63) is 29.8 Å². The molecule has 0 aromatic heterocycles. The molecule has 0 atom stereocenters. The molecule has 1 rings (SSSR count). The lowest BCUT2D eigenvalue weighted by molar-refractivity contribution is -0.137. The van der Waals surface area contributed by atoms with Gasteiger partial charge in [-0.2, -0.15) is 13.2 Å². The molecule has 18 heavy (non-hydrogen) atoms. The Morgan fingerprint density at radius 3 is 2.33 bits per heavy atom. The highest BCUT2D eigenvalue weighted by molar-refractivity contribution is 5.89. The number of urea groups is 1. The van der Waals surface area contributed by atoms with E-state index in [1.54, 1.807) is 0 Å². The number of hydrogen-bond donors (Lipinski definition) is 2. The van der Waals surface area contributed by atoms with Crippen molar-refractivity contribution in [2.24, 2.45) is 0 Å². The molecule has 6 heteroatoms. The lowest BCUT2D eigenvalue weighted by Crippen LogP contribution is -2.29. The molecule has 2 amide bonds. The molecule has 0 unspecified atom stereocenters. The van der Waals surface area contributed by atoms with E-state index < -0.39 is 17.8 Å². The van der Waals surface area contributed by atoms with Crippen LogP contribution in [0.2, 0.25) is 0 Å². The molecule has 0 radical (unpaired) electrons. The van der Waals surface area contributed by atoms with Crippen LogP contribution < -0.4 is 10.6 Å². The van der Waals surface area contributed by atoms with Crippen LogP contribution >= 0.6 is 0 Å². The number of carbonyl (C=O) groups is 1. The minimum Gasteiger partial charge on any atom is -0.338 e.